The number of nitrogens with zero attached hydrogens (tertiary/aromatic N) is 3. The minimum Gasteiger partial charge on any atom is -0.287 e. The van der Waals surface area contributed by atoms with Crippen LogP contribution < -0.4 is 0 Å². The van der Waals surface area contributed by atoms with E-state index >= 15 is 0 Å². The largest absolute Gasteiger partial charge is 0.287 e. The van der Waals surface area contributed by atoms with Gasteiger partial charge in [0, 0.05) is 10.9 Å². The second-order valence-corrected chi connectivity index (χ2v) is 4.26. The van der Waals surface area contributed by atoms with Crippen LogP contribution in [0.4, 0.5) is 0 Å². The fraction of sp³-hybridized carbons (Fsp3) is 0. The number of carbonyl (C=O) groups is 1. The molecule has 0 aliphatic rings. The van der Waals surface area contributed by atoms with Gasteiger partial charge in [-0.3, -0.25) is 4.79 Å². The number of nitriles is 1. The van der Waals surface area contributed by atoms with E-state index in [1.165, 1.54) is 6.33 Å². The predicted octanol–water partition coefficient (Wildman–Crippen LogP) is 2.73. The van der Waals surface area contributed by atoms with E-state index in [0.29, 0.717) is 16.8 Å². The van der Waals surface area contributed by atoms with Gasteiger partial charge < -0.3 is 0 Å². The highest BCUT2D eigenvalue weighted by Crippen LogP contribution is 2.17. The standard InChI is InChI=1S/C16H9N3O/c17-9-11-5-7-12(8-6-11)16(20)15-13-3-1-2-4-14(13)18-10-19-15/h1-8,10H. The van der Waals surface area contributed by atoms with Crippen LogP contribution in [-0.2, 0) is 0 Å². The van der Waals surface area contributed by atoms with Gasteiger partial charge in [0.05, 0.1) is 17.1 Å². The SMILES string of the molecule is N#Cc1ccc(C(=O)c2ncnc3ccccc23)cc1. The van der Waals surface area contributed by atoms with Crippen LogP contribution in [0.5, 0.6) is 0 Å². The zero-order valence-corrected chi connectivity index (χ0v) is 10.4. The number of aromatic nitrogens is 2. The number of hydrogen-bond donors (Lipinski definition) is 0. The molecule has 0 fully saturated rings. The van der Waals surface area contributed by atoms with Gasteiger partial charge in [-0.15, -0.1) is 0 Å². The Morgan fingerprint density at radius 3 is 2.50 bits per heavy atom. The van der Waals surface area contributed by atoms with Crippen LogP contribution in [0.3, 0.4) is 0 Å². The highest BCUT2D eigenvalue weighted by molar-refractivity contribution is 6.14. The lowest BCUT2D eigenvalue weighted by molar-refractivity contribution is 0.103. The van der Waals surface area contributed by atoms with E-state index in [1.54, 1.807) is 24.3 Å². The van der Waals surface area contributed by atoms with Crippen molar-refractivity contribution in [1.82, 2.24) is 9.97 Å². The Morgan fingerprint density at radius 2 is 1.75 bits per heavy atom. The normalized spacial score (nSPS) is 10.2. The third kappa shape index (κ3) is 2.02. The summed E-state index contributed by atoms with van der Waals surface area (Å²) in [5.74, 6) is -0.173. The van der Waals surface area contributed by atoms with Gasteiger partial charge in [0.1, 0.15) is 12.0 Å². The van der Waals surface area contributed by atoms with Crippen LogP contribution in [0.2, 0.25) is 0 Å². The molecule has 1 aromatic heterocycles. The lowest BCUT2D eigenvalue weighted by Gasteiger charge is -2.04. The number of fused-ring (bicyclic) bond motifs is 1. The first-order valence-electron chi connectivity index (χ1n) is 6.04. The molecule has 0 unspecified atom stereocenters. The highest BCUT2D eigenvalue weighted by atomic mass is 16.1. The van der Waals surface area contributed by atoms with Crippen molar-refractivity contribution >= 4 is 16.7 Å². The van der Waals surface area contributed by atoms with Gasteiger partial charge in [-0.25, -0.2) is 9.97 Å². The average molecular weight is 259 g/mol. The Bertz CT molecular complexity index is 827. The summed E-state index contributed by atoms with van der Waals surface area (Å²) in [6, 6.07) is 15.9. The van der Waals surface area contributed by atoms with Crippen molar-refractivity contribution in [3.05, 3.63) is 71.7 Å². The molecule has 2 aromatic carbocycles. The molecule has 0 N–H and O–H groups in total. The number of rotatable bonds is 2. The number of hydrogen-bond acceptors (Lipinski definition) is 4. The summed E-state index contributed by atoms with van der Waals surface area (Å²) in [5, 5.41) is 9.50. The van der Waals surface area contributed by atoms with E-state index in [-0.39, 0.29) is 5.78 Å². The van der Waals surface area contributed by atoms with Crippen molar-refractivity contribution in [1.29, 1.82) is 5.26 Å². The second-order valence-electron chi connectivity index (χ2n) is 4.26. The summed E-state index contributed by atoms with van der Waals surface area (Å²) in [6.07, 6.45) is 1.39. The highest BCUT2D eigenvalue weighted by Gasteiger charge is 2.14. The molecule has 0 spiro atoms. The summed E-state index contributed by atoms with van der Waals surface area (Å²) in [6.45, 7) is 0. The predicted molar refractivity (Wildman–Crippen MR) is 74.1 cm³/mol. The Balaban J connectivity index is 2.10. The molecule has 4 heteroatoms. The van der Waals surface area contributed by atoms with Gasteiger partial charge in [0.25, 0.3) is 0 Å². The van der Waals surface area contributed by atoms with Crippen LogP contribution in [0.15, 0.2) is 54.9 Å². The first kappa shape index (κ1) is 12.0. The summed E-state index contributed by atoms with van der Waals surface area (Å²) in [7, 11) is 0. The third-order valence-electron chi connectivity index (χ3n) is 3.03. The van der Waals surface area contributed by atoms with Crippen LogP contribution >= 0.6 is 0 Å². The fourth-order valence-electron chi connectivity index (χ4n) is 2.02. The van der Waals surface area contributed by atoms with Crippen molar-refractivity contribution in [3.8, 4) is 6.07 Å². The van der Waals surface area contributed by atoms with Crippen molar-refractivity contribution in [3.63, 3.8) is 0 Å². The molecule has 94 valence electrons. The maximum atomic E-state index is 12.5. The van der Waals surface area contributed by atoms with Gasteiger partial charge in [0.2, 0.25) is 5.78 Å². The fourth-order valence-corrected chi connectivity index (χ4v) is 2.02. The Morgan fingerprint density at radius 1 is 1.00 bits per heavy atom. The minimum absolute atomic E-state index is 0.173. The van der Waals surface area contributed by atoms with E-state index < -0.39 is 0 Å². The summed E-state index contributed by atoms with van der Waals surface area (Å²) < 4.78 is 0. The van der Waals surface area contributed by atoms with Crippen molar-refractivity contribution in [2.24, 2.45) is 0 Å². The maximum absolute atomic E-state index is 12.5. The van der Waals surface area contributed by atoms with Crippen LogP contribution in [0.25, 0.3) is 10.9 Å². The molecule has 0 saturated heterocycles. The lowest BCUT2D eigenvalue weighted by atomic mass is 10.0. The molecule has 0 aliphatic heterocycles. The Hall–Kier alpha value is -3.06. The van der Waals surface area contributed by atoms with Gasteiger partial charge >= 0.3 is 0 Å². The second kappa shape index (κ2) is 4.90. The minimum atomic E-state index is -0.173. The van der Waals surface area contributed by atoms with E-state index in [4.69, 9.17) is 5.26 Å². The molecule has 0 bridgehead atoms. The van der Waals surface area contributed by atoms with E-state index in [9.17, 15) is 4.79 Å². The van der Waals surface area contributed by atoms with Crippen LogP contribution in [0, 0.1) is 11.3 Å². The molecule has 4 nitrogen and oxygen atoms in total. The van der Waals surface area contributed by atoms with Gasteiger partial charge in [-0.05, 0) is 30.3 Å². The van der Waals surface area contributed by atoms with Gasteiger partial charge in [-0.2, -0.15) is 5.26 Å². The molecule has 0 amide bonds. The number of para-hydroxylation sites is 1. The van der Waals surface area contributed by atoms with Crippen LogP contribution in [-0.4, -0.2) is 15.8 Å². The van der Waals surface area contributed by atoms with E-state index in [1.807, 2.05) is 30.3 Å². The number of ketones is 1. The molecule has 3 aromatic rings. The molecule has 0 aliphatic carbocycles. The van der Waals surface area contributed by atoms with Crippen molar-refractivity contribution in [2.45, 2.75) is 0 Å². The lowest BCUT2D eigenvalue weighted by Crippen LogP contribution is -2.05. The van der Waals surface area contributed by atoms with Crippen molar-refractivity contribution in [2.75, 3.05) is 0 Å². The molecule has 0 radical (unpaired) electrons. The average Bonchev–Trinajstić information content (AvgIpc) is 2.54. The summed E-state index contributed by atoms with van der Waals surface area (Å²) in [5.41, 5.74) is 2.14. The maximum Gasteiger partial charge on any atom is 0.212 e. The topological polar surface area (TPSA) is 66.6 Å². The summed E-state index contributed by atoms with van der Waals surface area (Å²) in [4.78, 5) is 20.7. The zero-order chi connectivity index (χ0) is 13.9. The first-order valence-corrected chi connectivity index (χ1v) is 6.04. The van der Waals surface area contributed by atoms with Crippen LogP contribution in [0.1, 0.15) is 21.6 Å². The van der Waals surface area contributed by atoms with E-state index in [0.717, 1.165) is 10.9 Å². The van der Waals surface area contributed by atoms with Crippen molar-refractivity contribution < 1.29 is 4.79 Å². The molecular weight excluding hydrogens is 250 g/mol. The quantitative estimate of drug-likeness (QED) is 0.664. The monoisotopic (exact) mass is 259 g/mol. The molecule has 3 rings (SSSR count). The summed E-state index contributed by atoms with van der Waals surface area (Å²) >= 11 is 0. The van der Waals surface area contributed by atoms with E-state index in [2.05, 4.69) is 9.97 Å². The smallest absolute Gasteiger partial charge is 0.212 e. The first-order chi connectivity index (χ1) is 9.79. The molecule has 1 heterocycles. The number of benzene rings is 2. The molecular formula is C16H9N3O. The molecule has 20 heavy (non-hydrogen) atoms. The van der Waals surface area contributed by atoms with Gasteiger partial charge in [-0.1, -0.05) is 18.2 Å². The molecule has 0 atom stereocenters. The zero-order valence-electron chi connectivity index (χ0n) is 10.4. The van der Waals surface area contributed by atoms with Gasteiger partial charge in [0.15, 0.2) is 0 Å². The Labute approximate surface area is 115 Å². The number of carbonyl (C=O) groups excluding carboxylic acids is 1. The molecule has 0 saturated carbocycles. The third-order valence-corrected chi connectivity index (χ3v) is 3.03. The Kier molecular flexibility index (Phi) is 2.94.